The Morgan fingerprint density at radius 1 is 1.25 bits per heavy atom. The molecular formula is C13H14N2O4S. The maximum absolute atomic E-state index is 11.8. The molecule has 20 heavy (non-hydrogen) atoms. The summed E-state index contributed by atoms with van der Waals surface area (Å²) >= 11 is 0. The Balaban J connectivity index is 2.31. The Morgan fingerprint density at radius 3 is 2.60 bits per heavy atom. The minimum atomic E-state index is -3.57. The molecule has 0 aliphatic heterocycles. The van der Waals surface area contributed by atoms with Gasteiger partial charge in [-0.15, -0.1) is 0 Å². The fourth-order valence-corrected chi connectivity index (χ4v) is 2.67. The average Bonchev–Trinajstić information content (AvgIpc) is 2.95. The van der Waals surface area contributed by atoms with Gasteiger partial charge in [0.05, 0.1) is 11.2 Å². The van der Waals surface area contributed by atoms with E-state index in [-0.39, 0.29) is 10.7 Å². The SMILES string of the molecule is CNS(=O)(=O)c1cc(NC(=O)c2ccco2)ccc1C. The van der Waals surface area contributed by atoms with Gasteiger partial charge in [-0.3, -0.25) is 4.79 Å². The van der Waals surface area contributed by atoms with E-state index in [4.69, 9.17) is 4.42 Å². The zero-order chi connectivity index (χ0) is 14.8. The summed E-state index contributed by atoms with van der Waals surface area (Å²) in [5.41, 5.74) is 0.973. The maximum Gasteiger partial charge on any atom is 0.291 e. The van der Waals surface area contributed by atoms with E-state index in [9.17, 15) is 13.2 Å². The fourth-order valence-electron chi connectivity index (χ4n) is 1.68. The van der Waals surface area contributed by atoms with Crippen LogP contribution in [0.2, 0.25) is 0 Å². The van der Waals surface area contributed by atoms with Gasteiger partial charge < -0.3 is 9.73 Å². The van der Waals surface area contributed by atoms with E-state index in [0.29, 0.717) is 11.3 Å². The molecule has 1 amide bonds. The zero-order valence-electron chi connectivity index (χ0n) is 11.0. The third kappa shape index (κ3) is 2.89. The number of furan rings is 1. The summed E-state index contributed by atoms with van der Waals surface area (Å²) in [6, 6.07) is 7.78. The Labute approximate surface area is 116 Å². The van der Waals surface area contributed by atoms with Gasteiger partial charge >= 0.3 is 0 Å². The molecule has 2 aromatic rings. The zero-order valence-corrected chi connectivity index (χ0v) is 11.8. The van der Waals surface area contributed by atoms with Crippen LogP contribution in [-0.4, -0.2) is 21.4 Å². The number of amides is 1. The highest BCUT2D eigenvalue weighted by molar-refractivity contribution is 7.89. The summed E-state index contributed by atoms with van der Waals surface area (Å²) in [6.45, 7) is 1.68. The Hall–Kier alpha value is -2.12. The predicted molar refractivity (Wildman–Crippen MR) is 74.1 cm³/mol. The van der Waals surface area contributed by atoms with Crippen LogP contribution in [-0.2, 0) is 10.0 Å². The number of sulfonamides is 1. The molecule has 0 bridgehead atoms. The minimum absolute atomic E-state index is 0.122. The van der Waals surface area contributed by atoms with E-state index in [2.05, 4.69) is 10.0 Å². The van der Waals surface area contributed by atoms with E-state index in [1.807, 2.05) is 0 Å². The van der Waals surface area contributed by atoms with Crippen molar-refractivity contribution < 1.29 is 17.6 Å². The van der Waals surface area contributed by atoms with Crippen LogP contribution in [0.5, 0.6) is 0 Å². The molecule has 0 unspecified atom stereocenters. The second kappa shape index (κ2) is 5.48. The first-order valence-corrected chi connectivity index (χ1v) is 7.31. The van der Waals surface area contributed by atoms with Gasteiger partial charge in [-0.1, -0.05) is 6.07 Å². The lowest BCUT2D eigenvalue weighted by Crippen LogP contribution is -2.20. The number of rotatable bonds is 4. The topological polar surface area (TPSA) is 88.4 Å². The lowest BCUT2D eigenvalue weighted by atomic mass is 10.2. The van der Waals surface area contributed by atoms with Crippen LogP contribution in [0.15, 0.2) is 45.9 Å². The van der Waals surface area contributed by atoms with Gasteiger partial charge in [0.2, 0.25) is 10.0 Å². The third-order valence-electron chi connectivity index (χ3n) is 2.75. The molecule has 0 saturated heterocycles. The molecule has 0 radical (unpaired) electrons. The number of hydrogen-bond donors (Lipinski definition) is 2. The molecule has 2 rings (SSSR count). The van der Waals surface area contributed by atoms with Gasteiger partial charge in [0.25, 0.3) is 5.91 Å². The average molecular weight is 294 g/mol. The van der Waals surface area contributed by atoms with Crippen LogP contribution in [0.3, 0.4) is 0 Å². The highest BCUT2D eigenvalue weighted by atomic mass is 32.2. The molecule has 1 aromatic carbocycles. The van der Waals surface area contributed by atoms with Crippen LogP contribution in [0.1, 0.15) is 16.1 Å². The van der Waals surface area contributed by atoms with Crippen LogP contribution in [0.4, 0.5) is 5.69 Å². The number of carbonyl (C=O) groups excluding carboxylic acids is 1. The lowest BCUT2D eigenvalue weighted by molar-refractivity contribution is 0.0996. The van der Waals surface area contributed by atoms with E-state index in [1.54, 1.807) is 25.1 Å². The fraction of sp³-hybridized carbons (Fsp3) is 0.154. The molecule has 0 aliphatic rings. The summed E-state index contributed by atoms with van der Waals surface area (Å²) in [4.78, 5) is 11.9. The number of benzene rings is 1. The first kappa shape index (κ1) is 14.3. The smallest absolute Gasteiger partial charge is 0.291 e. The van der Waals surface area contributed by atoms with E-state index in [1.165, 1.54) is 25.4 Å². The Kier molecular flexibility index (Phi) is 3.91. The van der Waals surface area contributed by atoms with Crippen molar-refractivity contribution in [3.05, 3.63) is 47.9 Å². The van der Waals surface area contributed by atoms with Crippen molar-refractivity contribution in [3.63, 3.8) is 0 Å². The summed E-state index contributed by atoms with van der Waals surface area (Å²) in [7, 11) is -2.23. The first-order chi connectivity index (χ1) is 9.44. The van der Waals surface area contributed by atoms with Crippen LogP contribution < -0.4 is 10.0 Å². The first-order valence-electron chi connectivity index (χ1n) is 5.83. The Bertz CT molecular complexity index is 721. The van der Waals surface area contributed by atoms with Gasteiger partial charge in [-0.25, -0.2) is 13.1 Å². The molecule has 0 saturated carbocycles. The largest absolute Gasteiger partial charge is 0.459 e. The molecule has 0 fully saturated rings. The van der Waals surface area contributed by atoms with Gasteiger partial charge in [0.15, 0.2) is 5.76 Å². The molecule has 7 heteroatoms. The highest BCUT2D eigenvalue weighted by Gasteiger charge is 2.16. The molecule has 0 atom stereocenters. The van der Waals surface area contributed by atoms with Crippen molar-refractivity contribution in [2.45, 2.75) is 11.8 Å². The van der Waals surface area contributed by atoms with E-state index < -0.39 is 15.9 Å². The number of nitrogens with one attached hydrogen (secondary N) is 2. The molecule has 106 valence electrons. The summed E-state index contributed by atoms with van der Waals surface area (Å²) in [5, 5.41) is 2.58. The van der Waals surface area contributed by atoms with Crippen molar-refractivity contribution >= 4 is 21.6 Å². The van der Waals surface area contributed by atoms with Crippen LogP contribution >= 0.6 is 0 Å². The van der Waals surface area contributed by atoms with Crippen molar-refractivity contribution in [1.29, 1.82) is 0 Å². The van der Waals surface area contributed by atoms with E-state index in [0.717, 1.165) is 0 Å². The molecule has 1 aromatic heterocycles. The molecule has 6 nitrogen and oxygen atoms in total. The number of carbonyl (C=O) groups is 1. The summed E-state index contributed by atoms with van der Waals surface area (Å²) < 4.78 is 30.9. The predicted octanol–water partition coefficient (Wildman–Crippen LogP) is 1.75. The minimum Gasteiger partial charge on any atom is -0.459 e. The normalized spacial score (nSPS) is 11.3. The molecular weight excluding hydrogens is 280 g/mol. The summed E-state index contributed by atoms with van der Waals surface area (Å²) in [5.74, 6) is -0.282. The van der Waals surface area contributed by atoms with Crippen LogP contribution in [0.25, 0.3) is 0 Å². The quantitative estimate of drug-likeness (QED) is 0.899. The van der Waals surface area contributed by atoms with Crippen molar-refractivity contribution in [2.24, 2.45) is 0 Å². The monoisotopic (exact) mass is 294 g/mol. The molecule has 1 heterocycles. The number of anilines is 1. The summed E-state index contributed by atoms with van der Waals surface area (Å²) in [6.07, 6.45) is 1.39. The second-order valence-electron chi connectivity index (χ2n) is 4.12. The van der Waals surface area contributed by atoms with Gasteiger partial charge in [0.1, 0.15) is 0 Å². The second-order valence-corrected chi connectivity index (χ2v) is 5.97. The molecule has 0 aliphatic carbocycles. The highest BCUT2D eigenvalue weighted by Crippen LogP contribution is 2.20. The van der Waals surface area contributed by atoms with Gasteiger partial charge in [0, 0.05) is 5.69 Å². The van der Waals surface area contributed by atoms with Crippen molar-refractivity contribution in [2.75, 3.05) is 12.4 Å². The Morgan fingerprint density at radius 2 is 2.00 bits per heavy atom. The number of hydrogen-bond acceptors (Lipinski definition) is 4. The standard InChI is InChI=1S/C13H14N2O4S/c1-9-5-6-10(8-12(9)20(17,18)14-2)15-13(16)11-4-3-7-19-11/h3-8,14H,1-2H3,(H,15,16). The number of aryl methyl sites for hydroxylation is 1. The van der Waals surface area contributed by atoms with Crippen LogP contribution in [0, 0.1) is 6.92 Å². The van der Waals surface area contributed by atoms with Gasteiger partial charge in [-0.05, 0) is 43.8 Å². The maximum atomic E-state index is 11.8. The van der Waals surface area contributed by atoms with E-state index >= 15 is 0 Å². The van der Waals surface area contributed by atoms with Crippen molar-refractivity contribution in [1.82, 2.24) is 4.72 Å². The third-order valence-corrected chi connectivity index (χ3v) is 4.31. The van der Waals surface area contributed by atoms with Gasteiger partial charge in [-0.2, -0.15) is 0 Å². The van der Waals surface area contributed by atoms with Crippen molar-refractivity contribution in [3.8, 4) is 0 Å². The molecule has 0 spiro atoms. The molecule has 2 N–H and O–H groups in total. The lowest BCUT2D eigenvalue weighted by Gasteiger charge is -2.09.